The van der Waals surface area contributed by atoms with Crippen LogP contribution in [0, 0.1) is 0 Å². The molecule has 0 bridgehead atoms. The molecule has 0 fully saturated rings. The van der Waals surface area contributed by atoms with E-state index in [1.165, 1.54) is 21.5 Å². The van der Waals surface area contributed by atoms with Gasteiger partial charge in [-0.3, -0.25) is 9.97 Å². The third kappa shape index (κ3) is 4.37. The molecule has 0 unspecified atom stereocenters. The van der Waals surface area contributed by atoms with Crippen LogP contribution >= 0.6 is 0 Å². The van der Waals surface area contributed by atoms with Crippen LogP contribution in [0.5, 0.6) is 0 Å². The average molecular weight is 588 g/mol. The van der Waals surface area contributed by atoms with Crippen LogP contribution in [-0.4, -0.2) is 24.9 Å². The Morgan fingerprint density at radius 1 is 0.348 bits per heavy atom. The standard InChI is InChI=1S/C41H25N5/c1-3-9-28(10-4-1)39-44-40(29-11-5-2-6-12-29)46-41(45-39)34-22-17-27-15-20-32-31(19-14-26-16-21-33(34)38(27)37(26)32)36-23-18-30(25-43-36)35-13-7-8-24-42-35/h1-25H. The third-order valence-electron chi connectivity index (χ3n) is 8.60. The summed E-state index contributed by atoms with van der Waals surface area (Å²) < 4.78 is 0. The maximum Gasteiger partial charge on any atom is 0.164 e. The molecule has 0 spiro atoms. The second-order valence-electron chi connectivity index (χ2n) is 11.3. The third-order valence-corrected chi connectivity index (χ3v) is 8.60. The average Bonchev–Trinajstić information content (AvgIpc) is 3.14. The molecule has 0 saturated carbocycles. The van der Waals surface area contributed by atoms with E-state index in [1.54, 1.807) is 6.20 Å². The summed E-state index contributed by atoms with van der Waals surface area (Å²) in [4.78, 5) is 24.3. The summed E-state index contributed by atoms with van der Waals surface area (Å²) in [5, 5.41) is 7.04. The molecule has 3 aromatic heterocycles. The fourth-order valence-electron chi connectivity index (χ4n) is 6.39. The van der Waals surface area contributed by atoms with Gasteiger partial charge in [-0.05, 0) is 62.6 Å². The van der Waals surface area contributed by atoms with Gasteiger partial charge in [0.1, 0.15) is 0 Å². The van der Waals surface area contributed by atoms with Crippen molar-refractivity contribution in [2.24, 2.45) is 0 Å². The highest BCUT2D eigenvalue weighted by molar-refractivity contribution is 6.27. The molecule has 6 aromatic carbocycles. The highest BCUT2D eigenvalue weighted by Gasteiger charge is 2.18. The quantitative estimate of drug-likeness (QED) is 0.188. The SMILES string of the molecule is c1ccc(-c2nc(-c3ccccc3)nc(-c3ccc4ccc5c(-c6ccc(-c7ccccn7)cn6)ccc6ccc3c4c65)n2)cc1. The van der Waals surface area contributed by atoms with Crippen LogP contribution in [0.4, 0.5) is 0 Å². The number of hydrogen-bond donors (Lipinski definition) is 0. The molecule has 9 rings (SSSR count). The van der Waals surface area contributed by atoms with E-state index in [0.29, 0.717) is 17.5 Å². The van der Waals surface area contributed by atoms with Crippen molar-refractivity contribution in [1.29, 1.82) is 0 Å². The van der Waals surface area contributed by atoms with Crippen molar-refractivity contribution < 1.29 is 0 Å². The molecule has 0 radical (unpaired) electrons. The monoisotopic (exact) mass is 587 g/mol. The van der Waals surface area contributed by atoms with Crippen LogP contribution < -0.4 is 0 Å². The summed E-state index contributed by atoms with van der Waals surface area (Å²) in [6.45, 7) is 0. The van der Waals surface area contributed by atoms with E-state index in [9.17, 15) is 0 Å². The van der Waals surface area contributed by atoms with Crippen LogP contribution in [0.15, 0.2) is 152 Å². The number of rotatable bonds is 5. The first-order valence-corrected chi connectivity index (χ1v) is 15.3. The smallest absolute Gasteiger partial charge is 0.164 e. The van der Waals surface area contributed by atoms with Gasteiger partial charge in [-0.1, -0.05) is 109 Å². The Kier molecular flexibility index (Phi) is 6.06. The van der Waals surface area contributed by atoms with E-state index in [1.807, 2.05) is 85.1 Å². The maximum absolute atomic E-state index is 5.04. The molecule has 3 heterocycles. The van der Waals surface area contributed by atoms with E-state index in [2.05, 4.69) is 65.6 Å². The Hall–Kier alpha value is -6.33. The minimum absolute atomic E-state index is 0.651. The van der Waals surface area contributed by atoms with Gasteiger partial charge in [0.05, 0.1) is 11.4 Å². The molecule has 214 valence electrons. The van der Waals surface area contributed by atoms with Crippen LogP contribution in [0.1, 0.15) is 0 Å². The summed E-state index contributed by atoms with van der Waals surface area (Å²) in [5.41, 5.74) is 6.80. The van der Waals surface area contributed by atoms with Crippen molar-refractivity contribution >= 4 is 32.3 Å². The first kappa shape index (κ1) is 26.1. The number of benzene rings is 6. The number of aromatic nitrogens is 5. The summed E-state index contributed by atoms with van der Waals surface area (Å²) >= 11 is 0. The zero-order valence-corrected chi connectivity index (χ0v) is 24.7. The van der Waals surface area contributed by atoms with Crippen molar-refractivity contribution in [3.8, 4) is 56.7 Å². The van der Waals surface area contributed by atoms with Gasteiger partial charge >= 0.3 is 0 Å². The Labute approximate surface area is 265 Å². The Morgan fingerprint density at radius 3 is 1.50 bits per heavy atom. The Bertz CT molecular complexity index is 2440. The van der Waals surface area contributed by atoms with E-state index in [0.717, 1.165) is 50.0 Å². The Balaban J connectivity index is 1.24. The molecule has 0 aliphatic heterocycles. The van der Waals surface area contributed by atoms with Gasteiger partial charge in [-0.25, -0.2) is 15.0 Å². The lowest BCUT2D eigenvalue weighted by Crippen LogP contribution is -2.00. The van der Waals surface area contributed by atoms with Crippen LogP contribution in [-0.2, 0) is 0 Å². The minimum Gasteiger partial charge on any atom is -0.256 e. The largest absolute Gasteiger partial charge is 0.256 e. The van der Waals surface area contributed by atoms with E-state index < -0.39 is 0 Å². The van der Waals surface area contributed by atoms with E-state index in [4.69, 9.17) is 19.9 Å². The number of pyridine rings is 2. The molecule has 0 N–H and O–H groups in total. The summed E-state index contributed by atoms with van der Waals surface area (Å²) in [6, 6.07) is 47.8. The van der Waals surface area contributed by atoms with Gasteiger partial charge in [-0.15, -0.1) is 0 Å². The second-order valence-corrected chi connectivity index (χ2v) is 11.3. The number of hydrogen-bond acceptors (Lipinski definition) is 5. The molecule has 0 atom stereocenters. The van der Waals surface area contributed by atoms with Gasteiger partial charge < -0.3 is 0 Å². The summed E-state index contributed by atoms with van der Waals surface area (Å²) in [6.07, 6.45) is 3.71. The predicted octanol–water partition coefficient (Wildman–Crippen LogP) is 9.89. The highest BCUT2D eigenvalue weighted by atomic mass is 15.0. The molecule has 0 saturated heterocycles. The normalized spacial score (nSPS) is 11.5. The van der Waals surface area contributed by atoms with Crippen molar-refractivity contribution in [3.63, 3.8) is 0 Å². The fraction of sp³-hybridized carbons (Fsp3) is 0. The van der Waals surface area contributed by atoms with Crippen molar-refractivity contribution in [2.45, 2.75) is 0 Å². The molecule has 0 amide bonds. The Morgan fingerprint density at radius 2 is 0.913 bits per heavy atom. The zero-order valence-electron chi connectivity index (χ0n) is 24.7. The lowest BCUT2D eigenvalue weighted by Gasteiger charge is -2.16. The van der Waals surface area contributed by atoms with Gasteiger partial charge in [0.25, 0.3) is 0 Å². The molecule has 0 aliphatic carbocycles. The first-order valence-electron chi connectivity index (χ1n) is 15.3. The molecular weight excluding hydrogens is 562 g/mol. The minimum atomic E-state index is 0.651. The maximum atomic E-state index is 5.04. The van der Waals surface area contributed by atoms with Gasteiger partial charge in [0.15, 0.2) is 17.5 Å². The molecule has 5 nitrogen and oxygen atoms in total. The lowest BCUT2D eigenvalue weighted by molar-refractivity contribution is 1.08. The van der Waals surface area contributed by atoms with Crippen molar-refractivity contribution in [1.82, 2.24) is 24.9 Å². The van der Waals surface area contributed by atoms with Gasteiger partial charge in [0, 0.05) is 40.2 Å². The molecule has 9 aromatic rings. The lowest BCUT2D eigenvalue weighted by atomic mass is 9.89. The van der Waals surface area contributed by atoms with E-state index in [-0.39, 0.29) is 0 Å². The fourth-order valence-corrected chi connectivity index (χ4v) is 6.39. The summed E-state index contributed by atoms with van der Waals surface area (Å²) in [7, 11) is 0. The zero-order chi connectivity index (χ0) is 30.5. The molecule has 46 heavy (non-hydrogen) atoms. The van der Waals surface area contributed by atoms with Crippen molar-refractivity contribution in [2.75, 3.05) is 0 Å². The van der Waals surface area contributed by atoms with Crippen LogP contribution in [0.3, 0.4) is 0 Å². The van der Waals surface area contributed by atoms with Crippen molar-refractivity contribution in [3.05, 3.63) is 152 Å². The van der Waals surface area contributed by atoms with Gasteiger partial charge in [-0.2, -0.15) is 0 Å². The first-order chi connectivity index (χ1) is 22.8. The van der Waals surface area contributed by atoms with Crippen LogP contribution in [0.2, 0.25) is 0 Å². The predicted molar refractivity (Wildman–Crippen MR) is 186 cm³/mol. The second kappa shape index (κ2) is 10.7. The van der Waals surface area contributed by atoms with Gasteiger partial charge in [0.2, 0.25) is 0 Å². The molecule has 0 aliphatic rings. The number of nitrogens with zero attached hydrogens (tertiary/aromatic N) is 5. The molecular formula is C41H25N5. The van der Waals surface area contributed by atoms with Crippen LogP contribution in [0.25, 0.3) is 89.0 Å². The summed E-state index contributed by atoms with van der Waals surface area (Å²) in [5.74, 6) is 1.95. The topological polar surface area (TPSA) is 64.5 Å². The molecule has 5 heteroatoms. The highest BCUT2D eigenvalue weighted by Crippen LogP contribution is 2.42. The van der Waals surface area contributed by atoms with E-state index >= 15 is 0 Å².